The van der Waals surface area contributed by atoms with E-state index in [1.165, 1.54) is 23.0 Å². The van der Waals surface area contributed by atoms with E-state index in [-0.39, 0.29) is 17.5 Å². The number of aliphatic carboxylic acids is 1. The zero-order valence-electron chi connectivity index (χ0n) is 20.9. The van der Waals surface area contributed by atoms with Crippen LogP contribution in [-0.2, 0) is 9.59 Å². The van der Waals surface area contributed by atoms with Crippen molar-refractivity contribution in [3.05, 3.63) is 33.6 Å². The fourth-order valence-electron chi connectivity index (χ4n) is 4.02. The number of carboxylic acid groups (broad SMARTS) is 1. The predicted molar refractivity (Wildman–Crippen MR) is 133 cm³/mol. The highest BCUT2D eigenvalue weighted by Gasteiger charge is 2.39. The summed E-state index contributed by atoms with van der Waals surface area (Å²) in [4.78, 5) is 27.9. The number of aromatic nitrogens is 1. The smallest absolute Gasteiger partial charge is 0.306 e. The second-order valence-corrected chi connectivity index (χ2v) is 10.9. The van der Waals surface area contributed by atoms with Gasteiger partial charge in [-0.1, -0.05) is 45.8 Å². The molecule has 0 radical (unpaired) electrons. The number of allylic oxidation sites excluding steroid dienone is 3. The Morgan fingerprint density at radius 1 is 1.27 bits per heavy atom. The lowest BCUT2D eigenvalue weighted by Gasteiger charge is -2.31. The van der Waals surface area contributed by atoms with Crippen LogP contribution in [0.25, 0.3) is 6.08 Å². The number of Topliss-reactive ketones (excluding diaryl/α,β-unsaturated/α-hetero) is 1. The number of carbonyl (C=O) groups excluding carboxylic acids is 1. The Balaban J connectivity index is 2.38. The molecule has 186 valence electrons. The van der Waals surface area contributed by atoms with Gasteiger partial charge in [0.1, 0.15) is 11.6 Å². The summed E-state index contributed by atoms with van der Waals surface area (Å²) in [6.07, 6.45) is 6.59. The molecule has 1 aromatic heterocycles. The quantitative estimate of drug-likeness (QED) is 0.270. The molecule has 1 rings (SSSR count). The summed E-state index contributed by atoms with van der Waals surface area (Å²) in [5.74, 6) is -1.27. The van der Waals surface area contributed by atoms with Gasteiger partial charge < -0.3 is 10.2 Å². The van der Waals surface area contributed by atoms with Gasteiger partial charge >= 0.3 is 5.97 Å². The van der Waals surface area contributed by atoms with Gasteiger partial charge in [-0.2, -0.15) is 0 Å². The fraction of sp³-hybridized carbons (Fsp3) is 0.654. The third-order valence-electron chi connectivity index (χ3n) is 6.12. The molecule has 0 saturated heterocycles. The van der Waals surface area contributed by atoms with Crippen molar-refractivity contribution in [2.24, 2.45) is 17.3 Å². The van der Waals surface area contributed by atoms with Crippen molar-refractivity contribution in [3.8, 4) is 0 Å². The first-order valence-corrected chi connectivity index (χ1v) is 12.6. The van der Waals surface area contributed by atoms with E-state index in [1.807, 2.05) is 19.2 Å². The number of carboxylic acids is 1. The highest BCUT2D eigenvalue weighted by atomic mass is 32.1. The van der Waals surface area contributed by atoms with Gasteiger partial charge in [-0.15, -0.1) is 11.3 Å². The SMILES string of the molecule is C/C(=C/CC/C(F)=C/c1csc(C)n1)CCCC(C)CC(C)C(=O)C(C)(C)C(O)CC(=O)O. The second kappa shape index (κ2) is 13.8. The molecule has 0 aliphatic heterocycles. The summed E-state index contributed by atoms with van der Waals surface area (Å²) >= 11 is 1.51. The highest BCUT2D eigenvalue weighted by molar-refractivity contribution is 7.09. The summed E-state index contributed by atoms with van der Waals surface area (Å²) in [6, 6.07) is 0. The van der Waals surface area contributed by atoms with Gasteiger partial charge in [0.15, 0.2) is 0 Å². The van der Waals surface area contributed by atoms with Gasteiger partial charge in [0.25, 0.3) is 0 Å². The molecule has 0 aliphatic rings. The van der Waals surface area contributed by atoms with Crippen LogP contribution in [0.1, 0.15) is 90.3 Å². The molecule has 2 N–H and O–H groups in total. The van der Waals surface area contributed by atoms with Gasteiger partial charge in [0.05, 0.1) is 28.6 Å². The molecular weight excluding hydrogens is 441 g/mol. The topological polar surface area (TPSA) is 87.5 Å². The minimum atomic E-state index is -1.20. The maximum atomic E-state index is 14.0. The van der Waals surface area contributed by atoms with Gasteiger partial charge in [-0.05, 0) is 51.5 Å². The number of aryl methyl sites for hydroxylation is 1. The van der Waals surface area contributed by atoms with Crippen molar-refractivity contribution in [1.82, 2.24) is 4.98 Å². The molecule has 0 bridgehead atoms. The first kappa shape index (κ1) is 29.2. The number of carbonyl (C=O) groups is 2. The van der Waals surface area contributed by atoms with Gasteiger partial charge in [-0.3, -0.25) is 9.59 Å². The molecule has 33 heavy (non-hydrogen) atoms. The number of aliphatic hydroxyl groups excluding tert-OH is 1. The van der Waals surface area contributed by atoms with Crippen LogP contribution in [0.4, 0.5) is 4.39 Å². The number of rotatable bonds is 15. The Kier molecular flexibility index (Phi) is 12.2. The monoisotopic (exact) mass is 481 g/mol. The van der Waals surface area contributed by atoms with E-state index in [4.69, 9.17) is 5.11 Å². The Morgan fingerprint density at radius 2 is 1.94 bits per heavy atom. The van der Waals surface area contributed by atoms with Crippen LogP contribution in [0.2, 0.25) is 0 Å². The molecule has 0 spiro atoms. The van der Waals surface area contributed by atoms with E-state index in [2.05, 4.69) is 24.9 Å². The average molecular weight is 482 g/mol. The number of halogens is 1. The minimum absolute atomic E-state index is 0.0953. The Hall–Kier alpha value is -1.86. The average Bonchev–Trinajstić information content (AvgIpc) is 3.11. The van der Waals surface area contributed by atoms with E-state index in [0.29, 0.717) is 30.9 Å². The predicted octanol–water partition coefficient (Wildman–Crippen LogP) is 6.75. The molecular formula is C26H40FNO4S. The lowest BCUT2D eigenvalue weighted by atomic mass is 9.74. The van der Waals surface area contributed by atoms with E-state index in [9.17, 15) is 19.1 Å². The third kappa shape index (κ3) is 10.7. The minimum Gasteiger partial charge on any atom is -0.481 e. The lowest BCUT2D eigenvalue weighted by Crippen LogP contribution is -2.41. The second-order valence-electron chi connectivity index (χ2n) is 9.81. The zero-order chi connectivity index (χ0) is 25.2. The van der Waals surface area contributed by atoms with Crippen LogP contribution in [0.3, 0.4) is 0 Å². The molecule has 0 fully saturated rings. The molecule has 0 aromatic carbocycles. The first-order valence-electron chi connectivity index (χ1n) is 11.7. The largest absolute Gasteiger partial charge is 0.481 e. The summed E-state index contributed by atoms with van der Waals surface area (Å²) in [6.45, 7) is 11.2. The number of hydrogen-bond acceptors (Lipinski definition) is 5. The molecule has 0 aliphatic carbocycles. The molecule has 5 nitrogen and oxygen atoms in total. The number of aliphatic hydroxyl groups is 1. The van der Waals surface area contributed by atoms with Gasteiger partial charge in [0.2, 0.25) is 0 Å². The standard InChI is InChI=1S/C26H40FNO4S/c1-17(10-8-12-21(27)14-22-16-33-20(4)28-22)9-7-11-18(2)13-19(3)25(32)26(5,6)23(29)15-24(30)31/h10,14,16,18-19,23,29H,7-9,11-13,15H2,1-6H3,(H,30,31)/b17-10-,21-14-. The van der Waals surface area contributed by atoms with E-state index >= 15 is 0 Å². The highest BCUT2D eigenvalue weighted by Crippen LogP contribution is 2.31. The normalized spacial score (nSPS) is 15.9. The molecule has 3 unspecified atom stereocenters. The lowest BCUT2D eigenvalue weighted by molar-refractivity contribution is -0.145. The first-order chi connectivity index (χ1) is 15.3. The zero-order valence-corrected chi connectivity index (χ0v) is 21.7. The van der Waals surface area contributed by atoms with Crippen LogP contribution >= 0.6 is 11.3 Å². The van der Waals surface area contributed by atoms with Crippen molar-refractivity contribution in [1.29, 1.82) is 0 Å². The van der Waals surface area contributed by atoms with E-state index in [0.717, 1.165) is 24.3 Å². The molecule has 3 atom stereocenters. The fourth-order valence-corrected chi connectivity index (χ4v) is 4.59. The van der Waals surface area contributed by atoms with Crippen LogP contribution in [0.5, 0.6) is 0 Å². The van der Waals surface area contributed by atoms with E-state index < -0.39 is 23.9 Å². The molecule has 0 amide bonds. The van der Waals surface area contributed by atoms with E-state index in [1.54, 1.807) is 13.8 Å². The van der Waals surface area contributed by atoms with Gasteiger partial charge in [-0.25, -0.2) is 9.37 Å². The van der Waals surface area contributed by atoms with Crippen molar-refractivity contribution in [3.63, 3.8) is 0 Å². The van der Waals surface area contributed by atoms with Crippen molar-refractivity contribution >= 4 is 29.2 Å². The number of thiazole rings is 1. The molecule has 0 saturated carbocycles. The maximum Gasteiger partial charge on any atom is 0.306 e. The molecule has 1 heterocycles. The number of hydrogen-bond donors (Lipinski definition) is 2. The number of ketones is 1. The van der Waals surface area contributed by atoms with Crippen LogP contribution in [0.15, 0.2) is 22.9 Å². The third-order valence-corrected chi connectivity index (χ3v) is 6.92. The van der Waals surface area contributed by atoms with Gasteiger partial charge in [0, 0.05) is 17.7 Å². The molecule has 7 heteroatoms. The molecule has 1 aromatic rings. The van der Waals surface area contributed by atoms with Crippen LogP contribution in [-0.4, -0.2) is 33.1 Å². The van der Waals surface area contributed by atoms with Crippen LogP contribution in [0, 0.1) is 24.2 Å². The maximum absolute atomic E-state index is 14.0. The van der Waals surface area contributed by atoms with Crippen molar-refractivity contribution < 1.29 is 24.2 Å². The Labute approximate surface area is 201 Å². The summed E-state index contributed by atoms with van der Waals surface area (Å²) < 4.78 is 14.0. The number of nitrogens with zero attached hydrogens (tertiary/aromatic N) is 1. The van der Waals surface area contributed by atoms with Crippen LogP contribution < -0.4 is 0 Å². The summed E-state index contributed by atoms with van der Waals surface area (Å²) in [5.41, 5.74) is 0.831. The summed E-state index contributed by atoms with van der Waals surface area (Å²) in [5, 5.41) is 21.8. The van der Waals surface area contributed by atoms with Crippen molar-refractivity contribution in [2.75, 3.05) is 0 Å². The summed E-state index contributed by atoms with van der Waals surface area (Å²) in [7, 11) is 0. The Bertz CT molecular complexity index is 843. The Morgan fingerprint density at radius 3 is 2.52 bits per heavy atom. The van der Waals surface area contributed by atoms with Crippen molar-refractivity contribution in [2.45, 2.75) is 92.6 Å².